The summed E-state index contributed by atoms with van der Waals surface area (Å²) in [4.78, 5) is 63.9. The summed E-state index contributed by atoms with van der Waals surface area (Å²) in [5.41, 5.74) is 10.3. The highest BCUT2D eigenvalue weighted by molar-refractivity contribution is 6.36. The first-order valence-corrected chi connectivity index (χ1v) is 27.0. The van der Waals surface area contributed by atoms with Crippen molar-refractivity contribution in [2.75, 3.05) is 13.1 Å². The molecule has 0 bridgehead atoms. The molecule has 0 aliphatic carbocycles. The van der Waals surface area contributed by atoms with Gasteiger partial charge in [0.25, 0.3) is 23.6 Å². The third-order valence-electron chi connectivity index (χ3n) is 15.8. The lowest BCUT2D eigenvalue weighted by atomic mass is 9.79. The summed E-state index contributed by atoms with van der Waals surface area (Å²) in [6, 6.07) is 53.6. The van der Waals surface area contributed by atoms with Gasteiger partial charge in [-0.3, -0.25) is 29.0 Å². The fourth-order valence-electron chi connectivity index (χ4n) is 12.1. The zero-order chi connectivity index (χ0) is 50.5. The molecule has 2 aliphatic rings. The fourth-order valence-corrected chi connectivity index (χ4v) is 12.1. The molecular weight excluding hydrogens is 913 g/mol. The van der Waals surface area contributed by atoms with E-state index in [0.717, 1.165) is 130 Å². The second-order valence-electron chi connectivity index (χ2n) is 20.3. The summed E-state index contributed by atoms with van der Waals surface area (Å²) >= 11 is 0. The van der Waals surface area contributed by atoms with Gasteiger partial charge in [0.2, 0.25) is 0 Å². The van der Waals surface area contributed by atoms with Crippen LogP contribution in [0.4, 0.5) is 0 Å². The first-order chi connectivity index (χ1) is 36.4. The van der Waals surface area contributed by atoms with Gasteiger partial charge in [-0.2, -0.15) is 0 Å². The number of para-hydroxylation sites is 4. The van der Waals surface area contributed by atoms with E-state index in [2.05, 4.69) is 144 Å². The Bertz CT molecular complexity index is 3500. The van der Waals surface area contributed by atoms with Crippen LogP contribution >= 0.6 is 0 Å². The quantitative estimate of drug-likeness (QED) is 0.0633. The van der Waals surface area contributed by atoms with Crippen molar-refractivity contribution in [1.29, 1.82) is 0 Å². The monoisotopic (exact) mass is 972 g/mol. The summed E-state index contributed by atoms with van der Waals surface area (Å²) in [6.45, 7) is 4.93. The SMILES string of the molecule is CCCCCCCCN1C(=O)c2cc(-c3ccc(-n4c5ccccc5c5ccccc54)cc3)c3c4c(cc(-c5ccc(-n6c7ccccc7c7ccccc76)cc5)c(c24)C1=O)C(=O)N(CCCCCCCC)C3=O. The van der Waals surface area contributed by atoms with E-state index in [-0.39, 0.29) is 13.1 Å². The van der Waals surface area contributed by atoms with E-state index < -0.39 is 23.6 Å². The van der Waals surface area contributed by atoms with E-state index in [1.807, 2.05) is 36.4 Å². The molecule has 0 spiro atoms. The van der Waals surface area contributed by atoms with Crippen molar-refractivity contribution in [2.45, 2.75) is 90.9 Å². The summed E-state index contributed by atoms with van der Waals surface area (Å²) < 4.78 is 4.51. The highest BCUT2D eigenvalue weighted by Crippen LogP contribution is 2.47. The molecule has 2 aliphatic heterocycles. The Hall–Kier alpha value is -8.10. The van der Waals surface area contributed by atoms with Gasteiger partial charge >= 0.3 is 0 Å². The van der Waals surface area contributed by atoms with E-state index in [1.165, 1.54) is 9.80 Å². The number of rotatable bonds is 18. The van der Waals surface area contributed by atoms with Crippen molar-refractivity contribution < 1.29 is 19.2 Å². The molecule has 2 aromatic heterocycles. The number of unbranched alkanes of at least 4 members (excludes halogenated alkanes) is 10. The number of hydrogen-bond donors (Lipinski definition) is 0. The molecule has 368 valence electrons. The van der Waals surface area contributed by atoms with E-state index in [4.69, 9.17) is 0 Å². The minimum absolute atomic E-state index is 0.271. The molecule has 0 radical (unpaired) electrons. The molecule has 0 N–H and O–H groups in total. The number of benzene rings is 8. The summed E-state index contributed by atoms with van der Waals surface area (Å²) in [6.07, 6.45) is 12.0. The summed E-state index contributed by atoms with van der Waals surface area (Å²) in [5.74, 6) is -1.59. The highest BCUT2D eigenvalue weighted by atomic mass is 16.2. The first kappa shape index (κ1) is 46.9. The standard InChI is InChI=1S/C66H60N4O4/c1-3-5-7-9-11-21-39-67-63(71)53-41-52(44-33-37-46(38-34-44)70-57-29-19-15-25-49(57)50-26-16-20-30-58(50)70)62-60-54(64(72)68(66(62)74)40-22-12-10-8-6-4-2)42-51(61(59(53)60)65(67)73)43-31-35-45(36-32-43)69-55-27-17-13-23-47(55)48-24-14-18-28-56(48)69/h13-20,23-38,41-42H,3-12,21-22,39-40H2,1-2H3. The van der Waals surface area contributed by atoms with Crippen LogP contribution in [0.25, 0.3) is 88.0 Å². The molecule has 4 amide bonds. The molecule has 0 saturated heterocycles. The van der Waals surface area contributed by atoms with Crippen molar-refractivity contribution in [1.82, 2.24) is 18.9 Å². The van der Waals surface area contributed by atoms with Crippen molar-refractivity contribution in [3.05, 3.63) is 180 Å². The Balaban J connectivity index is 1.04. The maximum Gasteiger partial charge on any atom is 0.262 e. The smallest absolute Gasteiger partial charge is 0.262 e. The predicted molar refractivity (Wildman–Crippen MR) is 301 cm³/mol. The van der Waals surface area contributed by atoms with Crippen molar-refractivity contribution in [3.63, 3.8) is 0 Å². The lowest BCUT2D eigenvalue weighted by molar-refractivity contribution is 0.0587. The molecule has 0 unspecified atom stereocenters. The van der Waals surface area contributed by atoms with E-state index in [0.29, 0.717) is 57.0 Å². The van der Waals surface area contributed by atoms with Gasteiger partial charge in [-0.25, -0.2) is 0 Å². The van der Waals surface area contributed by atoms with Gasteiger partial charge < -0.3 is 9.13 Å². The second-order valence-corrected chi connectivity index (χ2v) is 20.3. The Morgan fingerprint density at radius 3 is 0.973 bits per heavy atom. The van der Waals surface area contributed by atoms with Crippen LogP contribution in [0, 0.1) is 0 Å². The third kappa shape index (κ3) is 7.81. The van der Waals surface area contributed by atoms with Crippen LogP contribution in [0.2, 0.25) is 0 Å². The Labute approximate surface area is 431 Å². The Morgan fingerprint density at radius 1 is 0.324 bits per heavy atom. The molecule has 0 saturated carbocycles. The van der Waals surface area contributed by atoms with Crippen LogP contribution in [0.15, 0.2) is 158 Å². The van der Waals surface area contributed by atoms with Crippen molar-refractivity contribution >= 4 is 78.0 Å². The van der Waals surface area contributed by atoms with Crippen LogP contribution in [0.5, 0.6) is 0 Å². The summed E-state index contributed by atoms with van der Waals surface area (Å²) in [5, 5.41) is 5.41. The molecule has 0 fully saturated rings. The maximum absolute atomic E-state index is 15.3. The molecule has 12 rings (SSSR count). The fraction of sp³-hybridized carbons (Fsp3) is 0.242. The number of amides is 4. The minimum Gasteiger partial charge on any atom is -0.309 e. The number of nitrogens with zero attached hydrogens (tertiary/aromatic N) is 4. The molecular formula is C66H60N4O4. The average Bonchev–Trinajstić information content (AvgIpc) is 4.00. The Kier molecular flexibility index (Phi) is 12.5. The second kappa shape index (κ2) is 19.7. The average molecular weight is 973 g/mol. The lowest BCUT2D eigenvalue weighted by Gasteiger charge is -2.34. The third-order valence-corrected chi connectivity index (χ3v) is 15.8. The molecule has 74 heavy (non-hydrogen) atoms. The molecule has 10 aromatic rings. The zero-order valence-electron chi connectivity index (χ0n) is 42.3. The zero-order valence-corrected chi connectivity index (χ0v) is 42.3. The van der Waals surface area contributed by atoms with Gasteiger partial charge in [-0.15, -0.1) is 0 Å². The highest BCUT2D eigenvalue weighted by Gasteiger charge is 2.43. The van der Waals surface area contributed by atoms with E-state index in [9.17, 15) is 0 Å². The van der Waals surface area contributed by atoms with Crippen LogP contribution in [0.3, 0.4) is 0 Å². The lowest BCUT2D eigenvalue weighted by Crippen LogP contribution is -2.44. The number of aromatic nitrogens is 2. The Morgan fingerprint density at radius 2 is 0.635 bits per heavy atom. The first-order valence-electron chi connectivity index (χ1n) is 27.0. The van der Waals surface area contributed by atoms with Crippen LogP contribution in [-0.4, -0.2) is 55.7 Å². The summed E-state index contributed by atoms with van der Waals surface area (Å²) in [7, 11) is 0. The molecule has 8 heteroatoms. The van der Waals surface area contributed by atoms with Gasteiger partial charge in [0.1, 0.15) is 0 Å². The topological polar surface area (TPSA) is 84.6 Å². The molecule has 8 nitrogen and oxygen atoms in total. The number of imide groups is 2. The van der Waals surface area contributed by atoms with Crippen molar-refractivity contribution in [2.24, 2.45) is 0 Å². The molecule has 0 atom stereocenters. The number of fused-ring (bicyclic) bond motifs is 6. The van der Waals surface area contributed by atoms with E-state index >= 15 is 19.2 Å². The van der Waals surface area contributed by atoms with Crippen LogP contribution < -0.4 is 0 Å². The van der Waals surface area contributed by atoms with Gasteiger partial charge in [-0.1, -0.05) is 175 Å². The van der Waals surface area contributed by atoms with Crippen LogP contribution in [0.1, 0.15) is 132 Å². The maximum atomic E-state index is 15.3. The van der Waals surface area contributed by atoms with Gasteiger partial charge in [0.05, 0.1) is 33.2 Å². The molecule has 8 aromatic carbocycles. The van der Waals surface area contributed by atoms with Crippen molar-refractivity contribution in [3.8, 4) is 33.6 Å². The number of hydrogen-bond acceptors (Lipinski definition) is 4. The van der Waals surface area contributed by atoms with Gasteiger partial charge in [-0.05, 0) is 95.8 Å². The van der Waals surface area contributed by atoms with E-state index in [1.54, 1.807) is 0 Å². The van der Waals surface area contributed by atoms with Crippen LogP contribution in [-0.2, 0) is 0 Å². The number of carbonyl (C=O) groups is 4. The minimum atomic E-state index is -0.398. The van der Waals surface area contributed by atoms with Gasteiger partial charge in [0, 0.05) is 67.9 Å². The number of carbonyl (C=O) groups excluding carboxylic acids is 4. The molecule has 4 heterocycles. The van der Waals surface area contributed by atoms with Gasteiger partial charge in [0.15, 0.2) is 0 Å². The normalized spacial score (nSPS) is 13.5. The predicted octanol–water partition coefficient (Wildman–Crippen LogP) is 16.3. The largest absolute Gasteiger partial charge is 0.309 e.